The largest absolute Gasteiger partial charge is 0.467 e. The summed E-state index contributed by atoms with van der Waals surface area (Å²) in [7, 11) is 1.61. The summed E-state index contributed by atoms with van der Waals surface area (Å²) >= 11 is 0. The van der Waals surface area contributed by atoms with Crippen molar-refractivity contribution in [3.05, 3.63) is 64.2 Å². The van der Waals surface area contributed by atoms with Crippen LogP contribution < -0.4 is 10.1 Å². The van der Waals surface area contributed by atoms with Gasteiger partial charge in [-0.15, -0.1) is 0 Å². The van der Waals surface area contributed by atoms with E-state index in [0.29, 0.717) is 12.1 Å². The molecule has 0 saturated heterocycles. The van der Waals surface area contributed by atoms with Gasteiger partial charge >= 0.3 is 0 Å². The van der Waals surface area contributed by atoms with Gasteiger partial charge in [-0.3, -0.25) is 4.79 Å². The van der Waals surface area contributed by atoms with Crippen LogP contribution in [-0.2, 0) is 4.74 Å². The first-order chi connectivity index (χ1) is 12.5. The van der Waals surface area contributed by atoms with E-state index in [1.807, 2.05) is 57.2 Å². The maximum absolute atomic E-state index is 12.1. The van der Waals surface area contributed by atoms with Gasteiger partial charge in [0.15, 0.2) is 6.79 Å². The molecular formula is C22H27NO3. The van der Waals surface area contributed by atoms with Crippen LogP contribution in [0.4, 0.5) is 0 Å². The SMILES string of the molecule is CCCNC(=O)c1cccc(C=Cc2cc(C)c(OCOC)c(C)c2)c1. The number of benzene rings is 2. The number of rotatable bonds is 8. The van der Waals surface area contributed by atoms with Gasteiger partial charge in [-0.2, -0.15) is 0 Å². The minimum absolute atomic E-state index is 0.0339. The summed E-state index contributed by atoms with van der Waals surface area (Å²) in [5.74, 6) is 0.826. The highest BCUT2D eigenvalue weighted by Crippen LogP contribution is 2.26. The Bertz CT molecular complexity index is 758. The van der Waals surface area contributed by atoms with Gasteiger partial charge in [-0.25, -0.2) is 0 Å². The Labute approximate surface area is 155 Å². The van der Waals surface area contributed by atoms with Gasteiger partial charge in [0.1, 0.15) is 5.75 Å². The zero-order chi connectivity index (χ0) is 18.9. The molecule has 0 aromatic heterocycles. The summed E-state index contributed by atoms with van der Waals surface area (Å²) in [6.45, 7) is 7.01. The molecule has 0 spiro atoms. The second-order valence-corrected chi connectivity index (χ2v) is 6.25. The lowest BCUT2D eigenvalue weighted by Crippen LogP contribution is -2.23. The second-order valence-electron chi connectivity index (χ2n) is 6.25. The number of nitrogens with one attached hydrogen (secondary N) is 1. The summed E-state index contributed by atoms with van der Waals surface area (Å²) in [5.41, 5.74) is 4.88. The summed E-state index contributed by atoms with van der Waals surface area (Å²) in [5, 5.41) is 2.90. The molecular weight excluding hydrogens is 326 g/mol. The molecule has 0 bridgehead atoms. The lowest BCUT2D eigenvalue weighted by molar-refractivity contribution is 0.0501. The fourth-order valence-electron chi connectivity index (χ4n) is 2.74. The van der Waals surface area contributed by atoms with E-state index < -0.39 is 0 Å². The van der Waals surface area contributed by atoms with E-state index in [1.54, 1.807) is 7.11 Å². The van der Waals surface area contributed by atoms with Crippen LogP contribution >= 0.6 is 0 Å². The minimum Gasteiger partial charge on any atom is -0.467 e. The Balaban J connectivity index is 2.16. The van der Waals surface area contributed by atoms with Crippen LogP contribution in [0.15, 0.2) is 36.4 Å². The standard InChI is InChI=1S/C22H27NO3/c1-5-11-23-22(24)20-8-6-7-18(14-20)9-10-19-12-16(2)21(17(3)13-19)26-15-25-4/h6-10,12-14H,5,11,15H2,1-4H3,(H,23,24). The number of amides is 1. The summed E-state index contributed by atoms with van der Waals surface area (Å²) in [6.07, 6.45) is 4.98. The van der Waals surface area contributed by atoms with Gasteiger partial charge in [-0.05, 0) is 66.8 Å². The molecule has 1 N–H and O–H groups in total. The van der Waals surface area contributed by atoms with Gasteiger partial charge in [0.25, 0.3) is 5.91 Å². The molecule has 1 amide bonds. The van der Waals surface area contributed by atoms with Crippen LogP contribution in [0.5, 0.6) is 5.75 Å². The van der Waals surface area contributed by atoms with Crippen LogP contribution in [0.25, 0.3) is 12.2 Å². The minimum atomic E-state index is -0.0339. The Morgan fingerprint density at radius 1 is 1.08 bits per heavy atom. The third kappa shape index (κ3) is 5.46. The zero-order valence-electron chi connectivity index (χ0n) is 16.0. The lowest BCUT2D eigenvalue weighted by Gasteiger charge is -2.12. The highest BCUT2D eigenvalue weighted by Gasteiger charge is 2.06. The van der Waals surface area contributed by atoms with Crippen LogP contribution in [0, 0.1) is 13.8 Å². The number of methoxy groups -OCH3 is 1. The first-order valence-corrected chi connectivity index (χ1v) is 8.84. The topological polar surface area (TPSA) is 47.6 Å². The fraction of sp³-hybridized carbons (Fsp3) is 0.318. The Hall–Kier alpha value is -2.59. The highest BCUT2D eigenvalue weighted by atomic mass is 16.7. The molecule has 4 nitrogen and oxygen atoms in total. The predicted octanol–water partition coefficient (Wildman–Crippen LogP) is 4.60. The first-order valence-electron chi connectivity index (χ1n) is 8.84. The zero-order valence-corrected chi connectivity index (χ0v) is 16.0. The molecule has 2 rings (SSSR count). The summed E-state index contributed by atoms with van der Waals surface area (Å²) in [4.78, 5) is 12.1. The van der Waals surface area contributed by atoms with E-state index in [2.05, 4.69) is 17.4 Å². The van der Waals surface area contributed by atoms with Gasteiger partial charge in [0, 0.05) is 19.2 Å². The summed E-state index contributed by atoms with van der Waals surface area (Å²) < 4.78 is 10.6. The quantitative estimate of drug-likeness (QED) is 0.557. The van der Waals surface area contributed by atoms with E-state index in [4.69, 9.17) is 9.47 Å². The molecule has 0 saturated carbocycles. The number of ether oxygens (including phenoxy) is 2. The van der Waals surface area contributed by atoms with Gasteiger partial charge in [0.2, 0.25) is 0 Å². The number of hydrogen-bond donors (Lipinski definition) is 1. The third-order valence-electron chi connectivity index (χ3n) is 3.96. The van der Waals surface area contributed by atoms with Crippen molar-refractivity contribution in [2.45, 2.75) is 27.2 Å². The van der Waals surface area contributed by atoms with Crippen molar-refractivity contribution in [1.29, 1.82) is 0 Å². The van der Waals surface area contributed by atoms with E-state index in [9.17, 15) is 4.79 Å². The molecule has 0 fully saturated rings. The molecule has 0 aliphatic heterocycles. The molecule has 0 aliphatic rings. The number of aryl methyl sites for hydroxylation is 2. The van der Waals surface area contributed by atoms with E-state index in [1.165, 1.54) is 0 Å². The molecule has 2 aromatic rings. The van der Waals surface area contributed by atoms with Crippen molar-refractivity contribution in [2.75, 3.05) is 20.4 Å². The molecule has 0 heterocycles. The van der Waals surface area contributed by atoms with Crippen molar-refractivity contribution < 1.29 is 14.3 Å². The predicted molar refractivity (Wildman–Crippen MR) is 106 cm³/mol. The Morgan fingerprint density at radius 3 is 2.42 bits per heavy atom. The molecule has 0 unspecified atom stereocenters. The van der Waals surface area contributed by atoms with Crippen molar-refractivity contribution in [1.82, 2.24) is 5.32 Å². The molecule has 26 heavy (non-hydrogen) atoms. The molecule has 0 atom stereocenters. The number of carbonyl (C=O) groups is 1. The van der Waals surface area contributed by atoms with Crippen LogP contribution in [0.2, 0.25) is 0 Å². The van der Waals surface area contributed by atoms with Crippen molar-refractivity contribution in [2.24, 2.45) is 0 Å². The first kappa shape index (κ1) is 19.7. The summed E-state index contributed by atoms with van der Waals surface area (Å²) in [6, 6.07) is 11.8. The van der Waals surface area contributed by atoms with E-state index in [-0.39, 0.29) is 12.7 Å². The van der Waals surface area contributed by atoms with Crippen molar-refractivity contribution >= 4 is 18.1 Å². The average Bonchev–Trinajstić information content (AvgIpc) is 2.64. The Kier molecular flexibility index (Phi) is 7.42. The Morgan fingerprint density at radius 2 is 1.77 bits per heavy atom. The normalized spacial score (nSPS) is 10.9. The third-order valence-corrected chi connectivity index (χ3v) is 3.96. The van der Waals surface area contributed by atoms with Crippen LogP contribution in [0.3, 0.4) is 0 Å². The molecule has 4 heteroatoms. The fourth-order valence-corrected chi connectivity index (χ4v) is 2.74. The smallest absolute Gasteiger partial charge is 0.251 e. The van der Waals surface area contributed by atoms with Crippen molar-refractivity contribution in [3.8, 4) is 5.75 Å². The van der Waals surface area contributed by atoms with E-state index >= 15 is 0 Å². The number of carbonyl (C=O) groups excluding carboxylic acids is 1. The highest BCUT2D eigenvalue weighted by molar-refractivity contribution is 5.95. The maximum Gasteiger partial charge on any atom is 0.251 e. The maximum atomic E-state index is 12.1. The van der Waals surface area contributed by atoms with Crippen molar-refractivity contribution in [3.63, 3.8) is 0 Å². The molecule has 2 aromatic carbocycles. The average molecular weight is 353 g/mol. The van der Waals surface area contributed by atoms with Crippen LogP contribution in [0.1, 0.15) is 46.0 Å². The monoisotopic (exact) mass is 353 g/mol. The van der Waals surface area contributed by atoms with Crippen LogP contribution in [-0.4, -0.2) is 26.4 Å². The lowest BCUT2D eigenvalue weighted by atomic mass is 10.0. The van der Waals surface area contributed by atoms with Gasteiger partial charge < -0.3 is 14.8 Å². The van der Waals surface area contributed by atoms with E-state index in [0.717, 1.165) is 34.4 Å². The van der Waals surface area contributed by atoms with Gasteiger partial charge in [-0.1, -0.05) is 31.2 Å². The molecule has 0 radical (unpaired) electrons. The second kappa shape index (κ2) is 9.78. The molecule has 138 valence electrons. The number of hydrogen-bond acceptors (Lipinski definition) is 3. The molecule has 0 aliphatic carbocycles. The van der Waals surface area contributed by atoms with Gasteiger partial charge in [0.05, 0.1) is 0 Å².